The molecular weight excluding hydrogens is 216 g/mol. The summed E-state index contributed by atoms with van der Waals surface area (Å²) in [5.41, 5.74) is 1.66. The number of hydrogen-bond donors (Lipinski definition) is 2. The maximum Gasteiger partial charge on any atom is 0.194 e. The number of oxazole rings is 1. The minimum Gasteiger partial charge on any atom is -0.508 e. The van der Waals surface area contributed by atoms with Gasteiger partial charge in [0.25, 0.3) is 0 Å². The predicted octanol–water partition coefficient (Wildman–Crippen LogP) is 1.81. The van der Waals surface area contributed by atoms with Crippen molar-refractivity contribution >= 4 is 0 Å². The van der Waals surface area contributed by atoms with Gasteiger partial charge < -0.3 is 14.8 Å². The highest BCUT2D eigenvalue weighted by molar-refractivity contribution is 5.59. The minimum atomic E-state index is 0.246. The van der Waals surface area contributed by atoms with Gasteiger partial charge in [0, 0.05) is 12.0 Å². The first kappa shape index (κ1) is 10.4. The molecule has 0 bridgehead atoms. The summed E-state index contributed by atoms with van der Waals surface area (Å²) in [5.74, 6) is 1.66. The van der Waals surface area contributed by atoms with E-state index in [2.05, 4.69) is 10.3 Å². The molecule has 0 atom stereocenters. The van der Waals surface area contributed by atoms with Crippen molar-refractivity contribution in [1.29, 1.82) is 0 Å². The van der Waals surface area contributed by atoms with E-state index >= 15 is 0 Å². The summed E-state index contributed by atoms with van der Waals surface area (Å²) < 4.78 is 5.44. The monoisotopic (exact) mass is 230 g/mol. The van der Waals surface area contributed by atoms with E-state index in [9.17, 15) is 5.11 Å². The quantitative estimate of drug-likeness (QED) is 0.844. The first-order valence-corrected chi connectivity index (χ1v) is 5.76. The highest BCUT2D eigenvalue weighted by Crippen LogP contribution is 2.23. The Bertz CT molecular complexity index is 518. The first-order chi connectivity index (χ1) is 8.31. The molecule has 0 spiro atoms. The van der Waals surface area contributed by atoms with Crippen LogP contribution in [0.3, 0.4) is 0 Å². The zero-order valence-corrected chi connectivity index (χ0v) is 9.39. The van der Waals surface area contributed by atoms with Crippen LogP contribution in [0.15, 0.2) is 34.9 Å². The lowest BCUT2D eigenvalue weighted by atomic mass is 10.00. The normalized spacial score (nSPS) is 15.8. The summed E-state index contributed by atoms with van der Waals surface area (Å²) >= 11 is 0. The van der Waals surface area contributed by atoms with Crippen LogP contribution in [0, 0.1) is 5.92 Å². The molecule has 1 aromatic heterocycles. The highest BCUT2D eigenvalue weighted by atomic mass is 16.3. The number of nitrogens with zero attached hydrogens (tertiary/aromatic N) is 1. The Morgan fingerprint density at radius 3 is 3.00 bits per heavy atom. The molecule has 1 aromatic carbocycles. The van der Waals surface area contributed by atoms with Crippen LogP contribution in [0.1, 0.15) is 5.89 Å². The van der Waals surface area contributed by atoms with E-state index < -0.39 is 0 Å². The van der Waals surface area contributed by atoms with Gasteiger partial charge in [0.05, 0.1) is 0 Å². The summed E-state index contributed by atoms with van der Waals surface area (Å²) in [4.78, 5) is 4.44. The third-order valence-electron chi connectivity index (χ3n) is 3.02. The number of aromatic hydroxyl groups is 1. The predicted molar refractivity (Wildman–Crippen MR) is 63.7 cm³/mol. The van der Waals surface area contributed by atoms with E-state index in [1.54, 1.807) is 24.5 Å². The van der Waals surface area contributed by atoms with Crippen LogP contribution >= 0.6 is 0 Å². The van der Waals surface area contributed by atoms with Crippen molar-refractivity contribution in [3.8, 4) is 17.0 Å². The number of rotatable bonds is 3. The topological polar surface area (TPSA) is 58.3 Å². The average Bonchev–Trinajstić information content (AvgIpc) is 2.72. The Morgan fingerprint density at radius 2 is 2.29 bits per heavy atom. The number of hydrogen-bond acceptors (Lipinski definition) is 4. The maximum absolute atomic E-state index is 9.41. The summed E-state index contributed by atoms with van der Waals surface area (Å²) in [5, 5.41) is 12.6. The highest BCUT2D eigenvalue weighted by Gasteiger charge is 2.19. The van der Waals surface area contributed by atoms with Gasteiger partial charge in [0.2, 0.25) is 0 Å². The first-order valence-electron chi connectivity index (χ1n) is 5.76. The Kier molecular flexibility index (Phi) is 2.57. The van der Waals surface area contributed by atoms with Gasteiger partial charge in [0.1, 0.15) is 17.7 Å². The second kappa shape index (κ2) is 4.22. The Balaban J connectivity index is 1.79. The van der Waals surface area contributed by atoms with E-state index in [-0.39, 0.29) is 5.75 Å². The molecule has 17 heavy (non-hydrogen) atoms. The summed E-state index contributed by atoms with van der Waals surface area (Å²) in [6.45, 7) is 2.09. The lowest BCUT2D eigenvalue weighted by molar-refractivity contribution is 0.318. The van der Waals surface area contributed by atoms with E-state index in [0.29, 0.717) is 5.92 Å². The van der Waals surface area contributed by atoms with Gasteiger partial charge in [-0.1, -0.05) is 12.1 Å². The molecule has 0 radical (unpaired) electrons. The fourth-order valence-corrected chi connectivity index (χ4v) is 1.94. The zero-order chi connectivity index (χ0) is 11.7. The average molecular weight is 230 g/mol. The van der Waals surface area contributed by atoms with Crippen molar-refractivity contribution in [2.75, 3.05) is 13.1 Å². The van der Waals surface area contributed by atoms with Gasteiger partial charge >= 0.3 is 0 Å². The lowest BCUT2D eigenvalue weighted by Gasteiger charge is -2.25. The van der Waals surface area contributed by atoms with Crippen molar-refractivity contribution in [3.63, 3.8) is 0 Å². The molecule has 0 saturated carbocycles. The second-order valence-corrected chi connectivity index (χ2v) is 4.41. The molecule has 2 heterocycles. The Hall–Kier alpha value is -1.81. The van der Waals surface area contributed by atoms with E-state index in [1.807, 2.05) is 6.07 Å². The molecule has 0 amide bonds. The molecule has 0 aliphatic carbocycles. The fraction of sp³-hybridized carbons (Fsp3) is 0.308. The van der Waals surface area contributed by atoms with Gasteiger partial charge in [-0.3, -0.25) is 0 Å². The molecule has 4 nitrogen and oxygen atoms in total. The molecule has 0 unspecified atom stereocenters. The Labute approximate surface area is 99.3 Å². The van der Waals surface area contributed by atoms with Crippen molar-refractivity contribution in [2.24, 2.45) is 5.92 Å². The molecule has 1 aliphatic heterocycles. The third-order valence-corrected chi connectivity index (χ3v) is 3.02. The third kappa shape index (κ3) is 2.17. The van der Waals surface area contributed by atoms with Crippen LogP contribution in [0.25, 0.3) is 11.3 Å². The van der Waals surface area contributed by atoms with Crippen LogP contribution in [0.2, 0.25) is 0 Å². The lowest BCUT2D eigenvalue weighted by Crippen LogP contribution is -2.43. The molecule has 1 saturated heterocycles. The maximum atomic E-state index is 9.41. The van der Waals surface area contributed by atoms with Crippen molar-refractivity contribution in [1.82, 2.24) is 10.3 Å². The number of phenols is 1. The van der Waals surface area contributed by atoms with E-state index in [1.165, 1.54) is 0 Å². The largest absolute Gasteiger partial charge is 0.508 e. The standard InChI is InChI=1S/C13H14N2O2/c16-11-3-1-2-10(5-11)12-8-17-13(15-12)4-9-6-14-7-9/h1-3,5,8-9,14,16H,4,6-7H2. The molecule has 2 N–H and O–H groups in total. The van der Waals surface area contributed by atoms with Crippen LogP contribution in [-0.2, 0) is 6.42 Å². The van der Waals surface area contributed by atoms with E-state index in [4.69, 9.17) is 4.42 Å². The van der Waals surface area contributed by atoms with Crippen LogP contribution < -0.4 is 5.32 Å². The number of benzene rings is 1. The Morgan fingerprint density at radius 1 is 1.41 bits per heavy atom. The van der Waals surface area contributed by atoms with Gasteiger partial charge in [-0.15, -0.1) is 0 Å². The second-order valence-electron chi connectivity index (χ2n) is 4.41. The van der Waals surface area contributed by atoms with Gasteiger partial charge in [-0.05, 0) is 31.1 Å². The number of aromatic nitrogens is 1. The molecular formula is C13H14N2O2. The van der Waals surface area contributed by atoms with Crippen LogP contribution in [0.5, 0.6) is 5.75 Å². The molecule has 88 valence electrons. The van der Waals surface area contributed by atoms with Gasteiger partial charge in [-0.25, -0.2) is 4.98 Å². The van der Waals surface area contributed by atoms with Crippen LogP contribution in [0.4, 0.5) is 0 Å². The smallest absolute Gasteiger partial charge is 0.194 e. The zero-order valence-electron chi connectivity index (χ0n) is 9.39. The van der Waals surface area contributed by atoms with Crippen molar-refractivity contribution < 1.29 is 9.52 Å². The molecule has 1 aliphatic rings. The number of phenolic OH excluding ortho intramolecular Hbond substituents is 1. The minimum absolute atomic E-state index is 0.246. The van der Waals surface area contributed by atoms with Crippen molar-refractivity contribution in [2.45, 2.75) is 6.42 Å². The molecule has 4 heteroatoms. The SMILES string of the molecule is Oc1cccc(-c2coc(CC3CNC3)n2)c1. The van der Waals surface area contributed by atoms with Crippen LogP contribution in [-0.4, -0.2) is 23.2 Å². The summed E-state index contributed by atoms with van der Waals surface area (Å²) in [7, 11) is 0. The summed E-state index contributed by atoms with van der Waals surface area (Å²) in [6, 6.07) is 7.04. The number of nitrogens with one attached hydrogen (secondary N) is 1. The fourth-order valence-electron chi connectivity index (χ4n) is 1.94. The molecule has 2 aromatic rings. The molecule has 3 rings (SSSR count). The van der Waals surface area contributed by atoms with Crippen molar-refractivity contribution in [3.05, 3.63) is 36.4 Å². The van der Waals surface area contributed by atoms with E-state index in [0.717, 1.165) is 36.7 Å². The van der Waals surface area contributed by atoms with Gasteiger partial charge in [0.15, 0.2) is 5.89 Å². The van der Waals surface area contributed by atoms with Gasteiger partial charge in [-0.2, -0.15) is 0 Å². The summed E-state index contributed by atoms with van der Waals surface area (Å²) in [6.07, 6.45) is 2.53. The molecule has 1 fully saturated rings.